The second-order valence-electron chi connectivity index (χ2n) is 7.92. The third kappa shape index (κ3) is 3.77. The van der Waals surface area contributed by atoms with Crippen LogP contribution in [0.3, 0.4) is 0 Å². The van der Waals surface area contributed by atoms with Gasteiger partial charge in [-0.05, 0) is 42.2 Å². The molecule has 4 rings (SSSR count). The molecule has 0 unspecified atom stereocenters. The highest BCUT2D eigenvalue weighted by Crippen LogP contribution is 2.53. The van der Waals surface area contributed by atoms with Crippen molar-refractivity contribution in [3.05, 3.63) is 71.8 Å². The zero-order valence-electron chi connectivity index (χ0n) is 14.7. The number of rotatable bonds is 6. The maximum absolute atomic E-state index is 12.8. The minimum atomic E-state index is -0.0298. The smallest absolute Gasteiger partial charge is 0.237 e. The first kappa shape index (κ1) is 16.3. The van der Waals surface area contributed by atoms with Crippen LogP contribution in [0.5, 0.6) is 0 Å². The topological polar surface area (TPSA) is 41.1 Å². The van der Waals surface area contributed by atoms with Crippen molar-refractivity contribution in [1.29, 1.82) is 0 Å². The Balaban J connectivity index is 1.44. The predicted octanol–water partition coefficient (Wildman–Crippen LogP) is 3.10. The Morgan fingerprint density at radius 2 is 1.60 bits per heavy atom. The maximum atomic E-state index is 12.8. The summed E-state index contributed by atoms with van der Waals surface area (Å²) in [6.45, 7) is 2.28. The molecule has 2 N–H and O–H groups in total. The van der Waals surface area contributed by atoms with E-state index in [1.165, 1.54) is 17.5 Å². The van der Waals surface area contributed by atoms with Crippen LogP contribution in [-0.4, -0.2) is 24.0 Å². The molecule has 1 saturated carbocycles. The summed E-state index contributed by atoms with van der Waals surface area (Å²) in [5, 5.41) is 6.80. The van der Waals surface area contributed by atoms with Crippen molar-refractivity contribution in [2.75, 3.05) is 0 Å². The average Bonchev–Trinajstić information content (AvgIpc) is 3.13. The summed E-state index contributed by atoms with van der Waals surface area (Å²) in [6.07, 6.45) is 3.89. The lowest BCUT2D eigenvalue weighted by Gasteiger charge is -2.22. The molecule has 1 saturated heterocycles. The van der Waals surface area contributed by atoms with Gasteiger partial charge < -0.3 is 10.6 Å². The Morgan fingerprint density at radius 1 is 1.04 bits per heavy atom. The zero-order valence-corrected chi connectivity index (χ0v) is 14.7. The molecule has 3 heteroatoms. The van der Waals surface area contributed by atoms with Crippen LogP contribution in [0.15, 0.2) is 60.7 Å². The van der Waals surface area contributed by atoms with Crippen LogP contribution in [0.25, 0.3) is 0 Å². The fourth-order valence-electron chi connectivity index (χ4n) is 4.10. The van der Waals surface area contributed by atoms with Crippen molar-refractivity contribution in [3.8, 4) is 0 Å². The minimum Gasteiger partial charge on any atom is -0.351 e. The highest BCUT2D eigenvalue weighted by molar-refractivity contribution is 5.83. The van der Waals surface area contributed by atoms with Crippen molar-refractivity contribution >= 4 is 5.91 Å². The molecule has 2 aliphatic rings. The van der Waals surface area contributed by atoms with Crippen molar-refractivity contribution < 1.29 is 4.79 Å². The van der Waals surface area contributed by atoms with Crippen molar-refractivity contribution in [3.63, 3.8) is 0 Å². The Hall–Kier alpha value is -2.13. The molecule has 3 nitrogen and oxygen atoms in total. The lowest BCUT2D eigenvalue weighted by atomic mass is 9.97. The standard InChI is InChI=1S/C22H26N2O/c1-22-14-19(24-20(22)15-22)21(25)23-18(12-16-8-4-2-5-9-16)13-17-10-6-3-7-11-17/h2-11,18-20,24H,12-15H2,1H3,(H,23,25)/t19-,20+,22-/m0/s1. The van der Waals surface area contributed by atoms with Gasteiger partial charge in [0, 0.05) is 12.1 Å². The summed E-state index contributed by atoms with van der Waals surface area (Å²) in [6, 6.07) is 21.5. The normalized spacial score (nSPS) is 27.1. The van der Waals surface area contributed by atoms with E-state index in [-0.39, 0.29) is 18.0 Å². The molecule has 1 aliphatic heterocycles. The van der Waals surface area contributed by atoms with E-state index in [0.717, 1.165) is 19.3 Å². The molecule has 2 aromatic rings. The van der Waals surface area contributed by atoms with Crippen LogP contribution in [0.4, 0.5) is 0 Å². The van der Waals surface area contributed by atoms with Crippen LogP contribution in [0.1, 0.15) is 30.9 Å². The summed E-state index contributed by atoms with van der Waals surface area (Å²) < 4.78 is 0. The van der Waals surface area contributed by atoms with E-state index in [0.29, 0.717) is 11.5 Å². The molecule has 3 atom stereocenters. The van der Waals surface area contributed by atoms with Crippen LogP contribution in [0, 0.1) is 5.41 Å². The van der Waals surface area contributed by atoms with E-state index in [9.17, 15) is 4.79 Å². The minimum absolute atomic E-state index is 0.0298. The molecule has 1 amide bonds. The first-order chi connectivity index (χ1) is 12.1. The van der Waals surface area contributed by atoms with Gasteiger partial charge in [0.15, 0.2) is 0 Å². The fraction of sp³-hybridized carbons (Fsp3) is 0.409. The second-order valence-corrected chi connectivity index (χ2v) is 7.92. The molecular formula is C22H26N2O. The van der Waals surface area contributed by atoms with Gasteiger partial charge in [0.25, 0.3) is 0 Å². The second kappa shape index (κ2) is 6.64. The van der Waals surface area contributed by atoms with Gasteiger partial charge in [-0.15, -0.1) is 0 Å². The molecular weight excluding hydrogens is 308 g/mol. The zero-order chi connectivity index (χ0) is 17.3. The molecule has 2 fully saturated rings. The summed E-state index contributed by atoms with van der Waals surface area (Å²) >= 11 is 0. The number of piperidine rings is 1. The molecule has 0 bridgehead atoms. The summed E-state index contributed by atoms with van der Waals surface area (Å²) in [5.74, 6) is 0.158. The summed E-state index contributed by atoms with van der Waals surface area (Å²) in [7, 11) is 0. The van der Waals surface area contributed by atoms with Crippen molar-refractivity contribution in [2.45, 2.75) is 50.7 Å². The average molecular weight is 334 g/mol. The number of carbonyl (C=O) groups is 1. The number of hydrogen-bond acceptors (Lipinski definition) is 2. The summed E-state index contributed by atoms with van der Waals surface area (Å²) in [5.41, 5.74) is 2.88. The van der Waals surface area contributed by atoms with Gasteiger partial charge in [-0.1, -0.05) is 67.6 Å². The van der Waals surface area contributed by atoms with Gasteiger partial charge in [-0.25, -0.2) is 0 Å². The van der Waals surface area contributed by atoms with Gasteiger partial charge >= 0.3 is 0 Å². The lowest BCUT2D eigenvalue weighted by Crippen LogP contribution is -2.47. The van der Waals surface area contributed by atoms with Gasteiger partial charge in [0.1, 0.15) is 0 Å². The number of carbonyl (C=O) groups excluding carboxylic acids is 1. The van der Waals surface area contributed by atoms with Gasteiger partial charge in [-0.2, -0.15) is 0 Å². The predicted molar refractivity (Wildman–Crippen MR) is 100 cm³/mol. The highest BCUT2D eigenvalue weighted by Gasteiger charge is 2.58. The van der Waals surface area contributed by atoms with E-state index in [1.807, 2.05) is 12.1 Å². The van der Waals surface area contributed by atoms with Gasteiger partial charge in [-0.3, -0.25) is 4.79 Å². The first-order valence-electron chi connectivity index (χ1n) is 9.27. The number of nitrogens with one attached hydrogen (secondary N) is 2. The third-order valence-electron chi connectivity index (χ3n) is 5.74. The quantitative estimate of drug-likeness (QED) is 0.852. The van der Waals surface area contributed by atoms with Crippen LogP contribution < -0.4 is 10.6 Å². The Morgan fingerprint density at radius 3 is 2.08 bits per heavy atom. The van der Waals surface area contributed by atoms with E-state index in [2.05, 4.69) is 66.1 Å². The monoisotopic (exact) mass is 334 g/mol. The largest absolute Gasteiger partial charge is 0.351 e. The fourth-order valence-corrected chi connectivity index (χ4v) is 4.10. The van der Waals surface area contributed by atoms with Crippen LogP contribution in [0.2, 0.25) is 0 Å². The molecule has 0 spiro atoms. The first-order valence-corrected chi connectivity index (χ1v) is 9.27. The number of hydrogen-bond donors (Lipinski definition) is 2. The molecule has 0 radical (unpaired) electrons. The molecule has 130 valence electrons. The molecule has 25 heavy (non-hydrogen) atoms. The third-order valence-corrected chi connectivity index (χ3v) is 5.74. The highest BCUT2D eigenvalue weighted by atomic mass is 16.2. The van der Waals surface area contributed by atoms with Gasteiger partial charge in [0.05, 0.1) is 6.04 Å². The number of benzene rings is 2. The van der Waals surface area contributed by atoms with E-state index in [1.54, 1.807) is 0 Å². The molecule has 2 aromatic carbocycles. The summed E-state index contributed by atoms with van der Waals surface area (Å²) in [4.78, 5) is 12.8. The molecule has 1 aliphatic carbocycles. The van der Waals surface area contributed by atoms with Crippen LogP contribution in [-0.2, 0) is 17.6 Å². The Labute approximate surface area is 149 Å². The number of amides is 1. The molecule has 0 aromatic heterocycles. The Bertz CT molecular complexity index is 689. The maximum Gasteiger partial charge on any atom is 0.237 e. The number of fused-ring (bicyclic) bond motifs is 1. The SMILES string of the molecule is C[C@@]12C[C@@H](C(=O)NC(Cc3ccccc3)Cc3ccccc3)N[C@@H]1C2. The van der Waals surface area contributed by atoms with E-state index in [4.69, 9.17) is 0 Å². The van der Waals surface area contributed by atoms with E-state index < -0.39 is 0 Å². The van der Waals surface area contributed by atoms with Crippen molar-refractivity contribution in [2.24, 2.45) is 5.41 Å². The van der Waals surface area contributed by atoms with E-state index >= 15 is 0 Å². The van der Waals surface area contributed by atoms with Crippen LogP contribution >= 0.6 is 0 Å². The lowest BCUT2D eigenvalue weighted by molar-refractivity contribution is -0.123. The van der Waals surface area contributed by atoms with Gasteiger partial charge in [0.2, 0.25) is 5.91 Å². The molecule has 1 heterocycles. The Kier molecular flexibility index (Phi) is 4.34. The van der Waals surface area contributed by atoms with Crippen molar-refractivity contribution in [1.82, 2.24) is 10.6 Å².